The molecule has 3 rings (SSSR count). The lowest BCUT2D eigenvalue weighted by molar-refractivity contribution is -0.127. The maximum Gasteiger partial charge on any atom is 0.277 e. The molecule has 0 spiro atoms. The highest BCUT2D eigenvalue weighted by atomic mass is 32.2. The van der Waals surface area contributed by atoms with Crippen molar-refractivity contribution in [3.63, 3.8) is 0 Å². The van der Waals surface area contributed by atoms with E-state index in [-0.39, 0.29) is 24.4 Å². The Morgan fingerprint density at radius 1 is 1.31 bits per heavy atom. The molecule has 2 aromatic rings. The van der Waals surface area contributed by atoms with Crippen LogP contribution < -0.4 is 10.2 Å². The molecule has 2 unspecified atom stereocenters. The summed E-state index contributed by atoms with van der Waals surface area (Å²) in [5.41, 5.74) is 3.02. The molecule has 2 atom stereocenters. The van der Waals surface area contributed by atoms with E-state index in [1.54, 1.807) is 27.4 Å². The van der Waals surface area contributed by atoms with Gasteiger partial charge in [0, 0.05) is 17.5 Å². The fourth-order valence-electron chi connectivity index (χ4n) is 3.92. The van der Waals surface area contributed by atoms with Gasteiger partial charge in [-0.2, -0.15) is 5.10 Å². The van der Waals surface area contributed by atoms with Gasteiger partial charge in [0.25, 0.3) is 5.91 Å². The Morgan fingerprint density at radius 3 is 2.62 bits per heavy atom. The number of nitrogens with zero attached hydrogens (tertiary/aromatic N) is 3. The summed E-state index contributed by atoms with van der Waals surface area (Å²) in [6.07, 6.45) is 4.40. The molecule has 2 amide bonds. The molecule has 7 heteroatoms. The normalized spacial score (nSPS) is 19.2. The molecule has 1 aliphatic heterocycles. The van der Waals surface area contributed by atoms with Crippen molar-refractivity contribution in [1.29, 1.82) is 0 Å². The van der Waals surface area contributed by atoms with Crippen LogP contribution in [-0.4, -0.2) is 33.2 Å². The molecule has 0 saturated heterocycles. The van der Waals surface area contributed by atoms with Crippen molar-refractivity contribution in [2.75, 3.05) is 4.90 Å². The van der Waals surface area contributed by atoms with Crippen LogP contribution in [0.25, 0.3) is 0 Å². The lowest BCUT2D eigenvalue weighted by atomic mass is 9.93. The van der Waals surface area contributed by atoms with E-state index in [2.05, 4.69) is 23.1 Å². The zero-order valence-electron chi connectivity index (χ0n) is 19.5. The summed E-state index contributed by atoms with van der Waals surface area (Å²) in [5.74, 6) is 0.246. The van der Waals surface area contributed by atoms with Gasteiger partial charge in [-0.15, -0.1) is 11.8 Å². The standard InChI is InChI=1S/C25H32N4O2S/c1-7-9-10-32-15-20-14-22-23(30)29(21-12-17(3)11-18(4)13-21)25(6,16-28(22)27-20)24(31)26-19(5)8-2/h7,9-14,19H,1,8,15-16H2,2-6H3,(H,26,31)/b10-9-. The molecule has 1 aromatic heterocycles. The van der Waals surface area contributed by atoms with Crippen LogP contribution in [0.5, 0.6) is 0 Å². The molecule has 170 valence electrons. The minimum absolute atomic E-state index is 0.0122. The average molecular weight is 453 g/mol. The summed E-state index contributed by atoms with van der Waals surface area (Å²) < 4.78 is 1.69. The minimum Gasteiger partial charge on any atom is -0.352 e. The van der Waals surface area contributed by atoms with E-state index in [1.807, 2.05) is 64.3 Å². The Balaban J connectivity index is 2.05. The van der Waals surface area contributed by atoms with Gasteiger partial charge in [0.2, 0.25) is 5.91 Å². The number of nitrogens with one attached hydrogen (secondary N) is 1. The van der Waals surface area contributed by atoms with E-state index in [4.69, 9.17) is 0 Å². The molecule has 0 fully saturated rings. The zero-order chi connectivity index (χ0) is 23.5. The predicted molar refractivity (Wildman–Crippen MR) is 132 cm³/mol. The van der Waals surface area contributed by atoms with E-state index in [9.17, 15) is 9.59 Å². The first-order valence-corrected chi connectivity index (χ1v) is 11.9. The maximum atomic E-state index is 13.8. The number of thioether (sulfide) groups is 1. The second-order valence-corrected chi connectivity index (χ2v) is 9.49. The first-order chi connectivity index (χ1) is 15.2. The van der Waals surface area contributed by atoms with Gasteiger partial charge >= 0.3 is 0 Å². The number of aromatic nitrogens is 2. The van der Waals surface area contributed by atoms with Crippen molar-refractivity contribution in [3.05, 3.63) is 70.9 Å². The Labute approximate surface area is 194 Å². The third-order valence-corrected chi connectivity index (χ3v) is 6.50. The van der Waals surface area contributed by atoms with Crippen LogP contribution in [0.15, 0.2) is 48.4 Å². The zero-order valence-corrected chi connectivity index (χ0v) is 20.3. The fraction of sp³-hybridized carbons (Fsp3) is 0.400. The van der Waals surface area contributed by atoms with Crippen LogP contribution >= 0.6 is 11.8 Å². The van der Waals surface area contributed by atoms with Gasteiger partial charge in [0.15, 0.2) is 0 Å². The first-order valence-electron chi connectivity index (χ1n) is 10.9. The molecule has 32 heavy (non-hydrogen) atoms. The highest BCUT2D eigenvalue weighted by Crippen LogP contribution is 2.34. The third kappa shape index (κ3) is 4.83. The van der Waals surface area contributed by atoms with E-state index < -0.39 is 5.54 Å². The minimum atomic E-state index is -1.10. The molecule has 0 radical (unpaired) electrons. The fourth-order valence-corrected chi connectivity index (χ4v) is 4.55. The van der Waals surface area contributed by atoms with Crippen molar-refractivity contribution in [3.8, 4) is 0 Å². The number of benzene rings is 1. The van der Waals surface area contributed by atoms with E-state index >= 15 is 0 Å². The van der Waals surface area contributed by atoms with Gasteiger partial charge in [-0.1, -0.05) is 31.7 Å². The molecule has 1 aliphatic rings. The second kappa shape index (κ2) is 9.77. The molecule has 0 saturated carbocycles. The van der Waals surface area contributed by atoms with Crippen LogP contribution in [0.4, 0.5) is 5.69 Å². The topological polar surface area (TPSA) is 67.2 Å². The number of rotatable bonds is 8. The highest BCUT2D eigenvalue weighted by molar-refractivity contribution is 8.01. The van der Waals surface area contributed by atoms with Gasteiger partial charge in [0.05, 0.1) is 12.2 Å². The largest absolute Gasteiger partial charge is 0.352 e. The Kier molecular flexibility index (Phi) is 7.29. The second-order valence-electron chi connectivity index (χ2n) is 8.60. The Bertz CT molecular complexity index is 1040. The van der Waals surface area contributed by atoms with Crippen molar-refractivity contribution in [2.45, 2.75) is 64.9 Å². The smallest absolute Gasteiger partial charge is 0.277 e. The van der Waals surface area contributed by atoms with Gasteiger partial charge < -0.3 is 5.32 Å². The molecule has 0 bridgehead atoms. The molecule has 1 N–H and O–H groups in total. The van der Waals surface area contributed by atoms with Crippen LogP contribution in [0.1, 0.15) is 54.5 Å². The lowest BCUT2D eigenvalue weighted by Gasteiger charge is -2.43. The summed E-state index contributed by atoms with van der Waals surface area (Å²) in [6.45, 7) is 13.8. The van der Waals surface area contributed by atoms with Crippen LogP contribution in [-0.2, 0) is 17.1 Å². The van der Waals surface area contributed by atoms with Crippen molar-refractivity contribution in [2.24, 2.45) is 0 Å². The highest BCUT2D eigenvalue weighted by Gasteiger charge is 2.49. The van der Waals surface area contributed by atoms with Gasteiger partial charge in [0.1, 0.15) is 11.2 Å². The van der Waals surface area contributed by atoms with E-state index in [1.165, 1.54) is 0 Å². The van der Waals surface area contributed by atoms with Crippen LogP contribution in [0, 0.1) is 13.8 Å². The number of hydrogen-bond donors (Lipinski definition) is 1. The number of hydrogen-bond acceptors (Lipinski definition) is 4. The number of fused-ring (bicyclic) bond motifs is 1. The monoisotopic (exact) mass is 452 g/mol. The van der Waals surface area contributed by atoms with Crippen LogP contribution in [0.3, 0.4) is 0 Å². The molecule has 1 aromatic carbocycles. The quantitative estimate of drug-likeness (QED) is 0.586. The van der Waals surface area contributed by atoms with Crippen molar-refractivity contribution < 1.29 is 9.59 Å². The van der Waals surface area contributed by atoms with E-state index in [0.29, 0.717) is 11.4 Å². The lowest BCUT2D eigenvalue weighted by Crippen LogP contribution is -2.65. The van der Waals surface area contributed by atoms with Gasteiger partial charge in [-0.3, -0.25) is 19.2 Å². The number of carbonyl (C=O) groups is 2. The summed E-state index contributed by atoms with van der Waals surface area (Å²) >= 11 is 1.58. The Morgan fingerprint density at radius 2 is 2.00 bits per heavy atom. The van der Waals surface area contributed by atoms with Gasteiger partial charge in [-0.25, -0.2) is 0 Å². The number of amides is 2. The summed E-state index contributed by atoms with van der Waals surface area (Å²) in [6, 6.07) is 7.83. The third-order valence-electron chi connectivity index (χ3n) is 5.69. The summed E-state index contributed by atoms with van der Waals surface area (Å²) in [4.78, 5) is 28.9. The molecule has 2 heterocycles. The molecule has 0 aliphatic carbocycles. The van der Waals surface area contributed by atoms with Crippen molar-refractivity contribution in [1.82, 2.24) is 15.1 Å². The van der Waals surface area contributed by atoms with Gasteiger partial charge in [-0.05, 0) is 68.8 Å². The maximum absolute atomic E-state index is 13.8. The predicted octanol–water partition coefficient (Wildman–Crippen LogP) is 4.77. The van der Waals surface area contributed by atoms with Crippen molar-refractivity contribution >= 4 is 29.3 Å². The van der Waals surface area contributed by atoms with Crippen LogP contribution in [0.2, 0.25) is 0 Å². The number of aryl methyl sites for hydroxylation is 2. The Hall–Kier alpha value is -2.80. The molecular formula is C25H32N4O2S. The average Bonchev–Trinajstić information content (AvgIpc) is 3.13. The molecule has 6 nitrogen and oxygen atoms in total. The SMILES string of the molecule is C=C/C=C\SCc1cc2n(n1)CC(C)(C(=O)NC(C)CC)N(c1cc(C)cc(C)c1)C2=O. The number of allylic oxidation sites excluding steroid dienone is 2. The summed E-state index contributed by atoms with van der Waals surface area (Å²) in [5, 5.41) is 9.67. The molecular weight excluding hydrogens is 420 g/mol. The first kappa shape index (κ1) is 23.9. The number of carbonyl (C=O) groups excluding carboxylic acids is 2. The van der Waals surface area contributed by atoms with E-state index in [0.717, 1.165) is 28.9 Å². The number of anilines is 1. The summed E-state index contributed by atoms with van der Waals surface area (Å²) in [7, 11) is 0.